The molecule has 8 nitrogen and oxygen atoms in total. The average molecular weight is 418 g/mol. The van der Waals surface area contributed by atoms with E-state index in [9.17, 15) is 8.42 Å². The van der Waals surface area contributed by atoms with Crippen LogP contribution >= 0.6 is 11.6 Å². The lowest BCUT2D eigenvalue weighted by Crippen LogP contribution is -2.17. The number of nitrogens with zero attached hydrogens (tertiary/aromatic N) is 4. The van der Waals surface area contributed by atoms with Gasteiger partial charge in [0.2, 0.25) is 10.0 Å². The second kappa shape index (κ2) is 6.96. The van der Waals surface area contributed by atoms with Gasteiger partial charge in [-0.1, -0.05) is 11.6 Å². The lowest BCUT2D eigenvalue weighted by Gasteiger charge is -2.13. The normalized spacial score (nSPS) is 14.0. The molecular weight excluding hydrogens is 402 g/mol. The van der Waals surface area contributed by atoms with Gasteiger partial charge in [-0.15, -0.1) is 0 Å². The van der Waals surface area contributed by atoms with Crippen LogP contribution in [0, 0.1) is 11.3 Å². The van der Waals surface area contributed by atoms with Crippen molar-refractivity contribution in [3.8, 4) is 17.5 Å². The maximum atomic E-state index is 12.2. The Bertz CT molecular complexity index is 1210. The summed E-state index contributed by atoms with van der Waals surface area (Å²) >= 11 is 6.05. The molecule has 2 aromatic heterocycles. The standard InChI is InChI=1S/C18H16ClN5O3S/c1-27-17-8-11(23-28(25,26)12-3-4-12)2-5-15(17)24-16-9-18(19)21-10-13(16)14(22-24)6-7-20/h2,5,8-10,12,23H,3-4,6H2,1H3. The summed E-state index contributed by atoms with van der Waals surface area (Å²) in [4.78, 5) is 4.07. The maximum Gasteiger partial charge on any atom is 0.235 e. The Labute approximate surface area is 166 Å². The van der Waals surface area contributed by atoms with Gasteiger partial charge in [-0.3, -0.25) is 4.72 Å². The van der Waals surface area contributed by atoms with E-state index in [0.717, 1.165) is 0 Å². The first kappa shape index (κ1) is 18.5. The van der Waals surface area contributed by atoms with Crippen LogP contribution in [-0.4, -0.2) is 35.5 Å². The molecule has 144 valence electrons. The lowest BCUT2D eigenvalue weighted by molar-refractivity contribution is 0.412. The first-order valence-corrected chi connectivity index (χ1v) is 10.5. The number of aromatic nitrogens is 3. The van der Waals surface area contributed by atoms with Crippen LogP contribution in [0.1, 0.15) is 18.5 Å². The summed E-state index contributed by atoms with van der Waals surface area (Å²) in [5, 5.41) is 14.3. The summed E-state index contributed by atoms with van der Waals surface area (Å²) in [5.41, 5.74) is 2.26. The molecule has 4 rings (SSSR count). The highest BCUT2D eigenvalue weighted by Crippen LogP contribution is 2.33. The smallest absolute Gasteiger partial charge is 0.235 e. The summed E-state index contributed by atoms with van der Waals surface area (Å²) < 4.78 is 34.0. The fourth-order valence-electron chi connectivity index (χ4n) is 2.98. The largest absolute Gasteiger partial charge is 0.494 e. The zero-order valence-corrected chi connectivity index (χ0v) is 16.5. The number of hydrogen-bond donors (Lipinski definition) is 1. The van der Waals surface area contributed by atoms with Crippen LogP contribution < -0.4 is 9.46 Å². The van der Waals surface area contributed by atoms with E-state index in [1.807, 2.05) is 0 Å². The van der Waals surface area contributed by atoms with Crippen molar-refractivity contribution in [2.75, 3.05) is 11.8 Å². The molecule has 0 atom stereocenters. The third kappa shape index (κ3) is 3.37. The van der Waals surface area contributed by atoms with Crippen LogP contribution in [0.4, 0.5) is 5.69 Å². The molecule has 0 aliphatic heterocycles. The summed E-state index contributed by atoms with van der Waals surface area (Å²) in [6, 6.07) is 8.72. The van der Waals surface area contributed by atoms with Crippen molar-refractivity contribution >= 4 is 38.2 Å². The fourth-order valence-corrected chi connectivity index (χ4v) is 4.51. The summed E-state index contributed by atoms with van der Waals surface area (Å²) in [5.74, 6) is 0.428. The van der Waals surface area contributed by atoms with Crippen LogP contribution in [0.5, 0.6) is 5.75 Å². The fraction of sp³-hybridized carbons (Fsp3) is 0.278. The predicted molar refractivity (Wildman–Crippen MR) is 105 cm³/mol. The molecule has 1 aliphatic carbocycles. The molecule has 1 aromatic carbocycles. The number of halogens is 1. The average Bonchev–Trinajstić information content (AvgIpc) is 3.47. The van der Waals surface area contributed by atoms with Crippen molar-refractivity contribution in [2.24, 2.45) is 0 Å². The number of methoxy groups -OCH3 is 1. The highest BCUT2D eigenvalue weighted by Gasteiger charge is 2.35. The van der Waals surface area contributed by atoms with Gasteiger partial charge in [0, 0.05) is 23.7 Å². The van der Waals surface area contributed by atoms with Gasteiger partial charge in [0.1, 0.15) is 16.6 Å². The minimum Gasteiger partial charge on any atom is -0.494 e. The van der Waals surface area contributed by atoms with Gasteiger partial charge >= 0.3 is 0 Å². The van der Waals surface area contributed by atoms with E-state index in [1.54, 1.807) is 35.1 Å². The van der Waals surface area contributed by atoms with Gasteiger partial charge in [0.15, 0.2) is 0 Å². The van der Waals surface area contributed by atoms with Crippen molar-refractivity contribution in [3.05, 3.63) is 41.3 Å². The quantitative estimate of drug-likeness (QED) is 0.617. The molecule has 28 heavy (non-hydrogen) atoms. The van der Waals surface area contributed by atoms with E-state index in [0.29, 0.717) is 51.7 Å². The summed E-state index contributed by atoms with van der Waals surface area (Å²) in [6.07, 6.45) is 3.06. The third-order valence-corrected chi connectivity index (χ3v) is 6.56. The van der Waals surface area contributed by atoms with Gasteiger partial charge in [-0.05, 0) is 25.0 Å². The molecule has 0 bridgehead atoms. The SMILES string of the molecule is COc1cc(NS(=O)(=O)C2CC2)ccc1-n1nc(CC#N)c2cnc(Cl)cc21. The number of hydrogen-bond acceptors (Lipinski definition) is 6. The zero-order chi connectivity index (χ0) is 19.9. The molecule has 10 heteroatoms. The van der Waals surface area contributed by atoms with E-state index < -0.39 is 10.0 Å². The summed E-state index contributed by atoms with van der Waals surface area (Å²) in [7, 11) is -1.88. The number of anilines is 1. The van der Waals surface area contributed by atoms with E-state index >= 15 is 0 Å². The van der Waals surface area contributed by atoms with E-state index in [4.69, 9.17) is 21.6 Å². The second-order valence-electron chi connectivity index (χ2n) is 6.45. The first-order chi connectivity index (χ1) is 13.4. The number of nitrogens with one attached hydrogen (secondary N) is 1. The van der Waals surface area contributed by atoms with Gasteiger partial charge in [0.05, 0.1) is 41.7 Å². The van der Waals surface area contributed by atoms with Gasteiger partial charge in [0.25, 0.3) is 0 Å². The Kier molecular flexibility index (Phi) is 4.61. The molecule has 0 saturated heterocycles. The van der Waals surface area contributed by atoms with Crippen LogP contribution in [0.2, 0.25) is 5.15 Å². The molecule has 0 amide bonds. The third-order valence-electron chi connectivity index (χ3n) is 4.49. The Morgan fingerprint density at radius 3 is 2.86 bits per heavy atom. The summed E-state index contributed by atoms with van der Waals surface area (Å²) in [6.45, 7) is 0. The van der Waals surface area contributed by atoms with Crippen LogP contribution in [0.3, 0.4) is 0 Å². The lowest BCUT2D eigenvalue weighted by atomic mass is 10.2. The number of nitriles is 1. The van der Waals surface area contributed by atoms with Crippen LogP contribution in [-0.2, 0) is 16.4 Å². The number of benzene rings is 1. The highest BCUT2D eigenvalue weighted by molar-refractivity contribution is 7.93. The Balaban J connectivity index is 1.81. The predicted octanol–water partition coefficient (Wildman–Crippen LogP) is 3.05. The van der Waals surface area contributed by atoms with Gasteiger partial charge in [-0.2, -0.15) is 10.4 Å². The monoisotopic (exact) mass is 417 g/mol. The van der Waals surface area contributed by atoms with Crippen LogP contribution in [0.15, 0.2) is 30.5 Å². The van der Waals surface area contributed by atoms with Crippen molar-refractivity contribution < 1.29 is 13.2 Å². The zero-order valence-electron chi connectivity index (χ0n) is 14.9. The molecule has 1 N–H and O–H groups in total. The van der Waals surface area contributed by atoms with Crippen molar-refractivity contribution in [1.82, 2.24) is 14.8 Å². The molecule has 0 radical (unpaired) electrons. The number of fused-ring (bicyclic) bond motifs is 1. The van der Waals surface area contributed by atoms with E-state index in [-0.39, 0.29) is 11.7 Å². The van der Waals surface area contributed by atoms with Crippen molar-refractivity contribution in [3.63, 3.8) is 0 Å². The molecule has 1 fully saturated rings. The number of rotatable bonds is 6. The van der Waals surface area contributed by atoms with Crippen molar-refractivity contribution in [1.29, 1.82) is 5.26 Å². The van der Waals surface area contributed by atoms with Crippen LogP contribution in [0.25, 0.3) is 16.6 Å². The Morgan fingerprint density at radius 2 is 2.18 bits per heavy atom. The Hall–Kier alpha value is -2.83. The molecule has 1 aliphatic rings. The second-order valence-corrected chi connectivity index (χ2v) is 8.80. The molecule has 3 aromatic rings. The van der Waals surface area contributed by atoms with Crippen molar-refractivity contribution in [2.45, 2.75) is 24.5 Å². The molecule has 2 heterocycles. The highest BCUT2D eigenvalue weighted by atomic mass is 35.5. The van der Waals surface area contributed by atoms with E-state index in [1.165, 1.54) is 7.11 Å². The molecular formula is C18H16ClN5O3S. The molecule has 1 saturated carbocycles. The maximum absolute atomic E-state index is 12.2. The first-order valence-electron chi connectivity index (χ1n) is 8.53. The van der Waals surface area contributed by atoms with Gasteiger partial charge in [-0.25, -0.2) is 18.1 Å². The minimum absolute atomic E-state index is 0.119. The Morgan fingerprint density at radius 1 is 1.39 bits per heavy atom. The van der Waals surface area contributed by atoms with E-state index in [2.05, 4.69) is 20.9 Å². The molecule has 0 spiro atoms. The number of ether oxygens (including phenoxy) is 1. The minimum atomic E-state index is -3.38. The number of pyridine rings is 1. The van der Waals surface area contributed by atoms with Gasteiger partial charge < -0.3 is 4.74 Å². The topological polar surface area (TPSA) is 110 Å². The molecule has 0 unspecified atom stereocenters. The number of sulfonamides is 1.